The molecular weight excluding hydrogens is 292 g/mol. The predicted octanol–water partition coefficient (Wildman–Crippen LogP) is 2.03. The van der Waals surface area contributed by atoms with E-state index in [0.29, 0.717) is 22.1 Å². The van der Waals surface area contributed by atoms with E-state index in [-0.39, 0.29) is 5.75 Å². The van der Waals surface area contributed by atoms with Gasteiger partial charge in [0, 0.05) is 12.3 Å². The van der Waals surface area contributed by atoms with Gasteiger partial charge in [0.25, 0.3) is 0 Å². The lowest BCUT2D eigenvalue weighted by Gasteiger charge is -2.03. The SMILES string of the molecule is Cc1ccc2c(c1)sc(=N)n2CCSS(=O)(=O)O. The van der Waals surface area contributed by atoms with Crippen LogP contribution in [-0.2, 0) is 15.7 Å². The molecule has 0 saturated carbocycles. The van der Waals surface area contributed by atoms with Crippen LogP contribution in [0.5, 0.6) is 0 Å². The maximum absolute atomic E-state index is 10.6. The molecule has 1 aromatic heterocycles. The summed E-state index contributed by atoms with van der Waals surface area (Å²) in [6.45, 7) is 2.37. The van der Waals surface area contributed by atoms with E-state index in [1.165, 1.54) is 11.3 Å². The number of aromatic nitrogens is 1. The Morgan fingerprint density at radius 2 is 2.22 bits per heavy atom. The molecule has 0 amide bonds. The first-order valence-corrected chi connectivity index (χ1v) is 8.89. The Morgan fingerprint density at radius 1 is 1.50 bits per heavy atom. The first-order valence-electron chi connectivity index (χ1n) is 5.13. The quantitative estimate of drug-likeness (QED) is 0.669. The molecule has 2 N–H and O–H groups in total. The Balaban J connectivity index is 2.28. The van der Waals surface area contributed by atoms with E-state index >= 15 is 0 Å². The van der Waals surface area contributed by atoms with Gasteiger partial charge >= 0.3 is 9.15 Å². The van der Waals surface area contributed by atoms with Crippen LogP contribution < -0.4 is 4.80 Å². The van der Waals surface area contributed by atoms with Crippen LogP contribution >= 0.6 is 22.1 Å². The average molecular weight is 304 g/mol. The third-order valence-corrected chi connectivity index (χ3v) is 5.41. The zero-order valence-electron chi connectivity index (χ0n) is 9.58. The molecule has 0 aliphatic carbocycles. The van der Waals surface area contributed by atoms with Gasteiger partial charge in [-0.25, -0.2) is 0 Å². The highest BCUT2D eigenvalue weighted by atomic mass is 33.1. The molecule has 18 heavy (non-hydrogen) atoms. The standard InChI is InChI=1S/C10H12N2O3S3/c1-7-2-3-8-9(6-7)17-10(11)12(8)4-5-16-18(13,14)15/h2-3,6,11H,4-5H2,1H3,(H,13,14,15). The fourth-order valence-electron chi connectivity index (χ4n) is 1.65. The summed E-state index contributed by atoms with van der Waals surface area (Å²) in [4.78, 5) is 0.381. The maximum Gasteiger partial charge on any atom is 0.319 e. The molecule has 2 aromatic rings. The molecule has 2 rings (SSSR count). The van der Waals surface area contributed by atoms with Gasteiger partial charge in [-0.15, -0.1) is 0 Å². The van der Waals surface area contributed by atoms with Gasteiger partial charge in [-0.3, -0.25) is 9.96 Å². The Morgan fingerprint density at radius 3 is 2.89 bits per heavy atom. The molecule has 5 nitrogen and oxygen atoms in total. The van der Waals surface area contributed by atoms with Crippen molar-refractivity contribution in [1.82, 2.24) is 4.57 Å². The van der Waals surface area contributed by atoms with Crippen molar-refractivity contribution in [2.75, 3.05) is 5.75 Å². The fraction of sp³-hybridized carbons (Fsp3) is 0.300. The Bertz CT molecular complexity index is 730. The normalized spacial score (nSPS) is 12.1. The number of thiazole rings is 1. The van der Waals surface area contributed by atoms with Crippen LogP contribution in [0.4, 0.5) is 0 Å². The van der Waals surface area contributed by atoms with Gasteiger partial charge in [-0.1, -0.05) is 17.4 Å². The molecule has 8 heteroatoms. The van der Waals surface area contributed by atoms with Crippen LogP contribution in [0.3, 0.4) is 0 Å². The molecule has 0 saturated heterocycles. The molecule has 98 valence electrons. The minimum Gasteiger partial charge on any atom is -0.316 e. The Hall–Kier alpha value is -0.830. The van der Waals surface area contributed by atoms with Crippen LogP contribution in [-0.4, -0.2) is 23.3 Å². The van der Waals surface area contributed by atoms with E-state index in [9.17, 15) is 8.42 Å². The van der Waals surface area contributed by atoms with Crippen LogP contribution in [0.25, 0.3) is 10.2 Å². The molecule has 0 fully saturated rings. The highest BCUT2D eigenvalue weighted by Crippen LogP contribution is 2.19. The van der Waals surface area contributed by atoms with Gasteiger partial charge in [0.1, 0.15) is 0 Å². The lowest BCUT2D eigenvalue weighted by atomic mass is 10.2. The van der Waals surface area contributed by atoms with Gasteiger partial charge in [0.05, 0.1) is 10.2 Å². The second-order valence-corrected chi connectivity index (χ2v) is 8.28. The second-order valence-electron chi connectivity index (χ2n) is 3.78. The van der Waals surface area contributed by atoms with E-state index in [1.807, 2.05) is 25.1 Å². The molecular formula is C10H12N2O3S3. The van der Waals surface area contributed by atoms with Crippen molar-refractivity contribution in [1.29, 1.82) is 5.41 Å². The molecule has 0 spiro atoms. The summed E-state index contributed by atoms with van der Waals surface area (Å²) >= 11 is 1.36. The number of nitrogens with zero attached hydrogens (tertiary/aromatic N) is 1. The van der Waals surface area contributed by atoms with E-state index in [0.717, 1.165) is 15.8 Å². The third-order valence-electron chi connectivity index (χ3n) is 2.41. The molecule has 1 aromatic carbocycles. The van der Waals surface area contributed by atoms with Gasteiger partial charge in [-0.05, 0) is 35.4 Å². The first-order chi connectivity index (χ1) is 8.37. The third kappa shape index (κ3) is 3.14. The zero-order chi connectivity index (χ0) is 13.3. The van der Waals surface area contributed by atoms with Crippen molar-refractivity contribution in [2.24, 2.45) is 0 Å². The fourth-order valence-corrected chi connectivity index (χ4v) is 4.01. The van der Waals surface area contributed by atoms with Gasteiger partial charge in [-0.2, -0.15) is 8.42 Å². The van der Waals surface area contributed by atoms with Crippen LogP contribution in [0.1, 0.15) is 5.56 Å². The number of rotatable bonds is 4. The van der Waals surface area contributed by atoms with Crippen LogP contribution in [0.15, 0.2) is 18.2 Å². The highest BCUT2D eigenvalue weighted by molar-refractivity contribution is 8.69. The lowest BCUT2D eigenvalue weighted by Crippen LogP contribution is -2.14. The van der Waals surface area contributed by atoms with Crippen molar-refractivity contribution < 1.29 is 13.0 Å². The molecule has 0 unspecified atom stereocenters. The minimum absolute atomic E-state index is 0.217. The highest BCUT2D eigenvalue weighted by Gasteiger charge is 2.08. The number of benzene rings is 1. The summed E-state index contributed by atoms with van der Waals surface area (Å²) < 4.78 is 32.6. The second kappa shape index (κ2) is 5.04. The first kappa shape index (κ1) is 13.6. The average Bonchev–Trinajstić information content (AvgIpc) is 2.52. The Kier molecular flexibility index (Phi) is 3.81. The molecule has 0 aliphatic rings. The minimum atomic E-state index is -4.00. The van der Waals surface area contributed by atoms with Crippen molar-refractivity contribution in [2.45, 2.75) is 13.5 Å². The number of nitrogens with one attached hydrogen (secondary N) is 1. The lowest BCUT2D eigenvalue weighted by molar-refractivity contribution is 0.503. The van der Waals surface area contributed by atoms with Crippen LogP contribution in [0.2, 0.25) is 0 Å². The molecule has 0 radical (unpaired) electrons. The van der Waals surface area contributed by atoms with Crippen molar-refractivity contribution >= 4 is 41.5 Å². The molecule has 1 heterocycles. The summed E-state index contributed by atoms with van der Waals surface area (Å²) in [5.74, 6) is 0.217. The maximum atomic E-state index is 10.6. The van der Waals surface area contributed by atoms with Crippen LogP contribution in [0, 0.1) is 12.3 Å². The number of aryl methyl sites for hydroxylation is 2. The van der Waals surface area contributed by atoms with Gasteiger partial charge < -0.3 is 4.57 Å². The summed E-state index contributed by atoms with van der Waals surface area (Å²) in [7, 11) is -3.52. The number of hydrogen-bond donors (Lipinski definition) is 2. The topological polar surface area (TPSA) is 83.2 Å². The van der Waals surface area contributed by atoms with Crippen molar-refractivity contribution in [3.05, 3.63) is 28.6 Å². The van der Waals surface area contributed by atoms with Crippen molar-refractivity contribution in [3.63, 3.8) is 0 Å². The monoisotopic (exact) mass is 304 g/mol. The largest absolute Gasteiger partial charge is 0.319 e. The predicted molar refractivity (Wildman–Crippen MR) is 74.4 cm³/mol. The van der Waals surface area contributed by atoms with Gasteiger partial charge in [0.15, 0.2) is 4.80 Å². The van der Waals surface area contributed by atoms with Crippen molar-refractivity contribution in [3.8, 4) is 0 Å². The summed E-state index contributed by atoms with van der Waals surface area (Å²) in [6.07, 6.45) is 0. The summed E-state index contributed by atoms with van der Waals surface area (Å²) in [6, 6.07) is 5.89. The summed E-state index contributed by atoms with van der Waals surface area (Å²) in [5, 5.41) is 7.86. The molecule has 0 atom stereocenters. The smallest absolute Gasteiger partial charge is 0.316 e. The molecule has 0 bridgehead atoms. The van der Waals surface area contributed by atoms with E-state index in [2.05, 4.69) is 0 Å². The number of fused-ring (bicyclic) bond motifs is 1. The van der Waals surface area contributed by atoms with E-state index < -0.39 is 9.15 Å². The van der Waals surface area contributed by atoms with E-state index in [1.54, 1.807) is 4.57 Å². The number of hydrogen-bond acceptors (Lipinski definition) is 5. The summed E-state index contributed by atoms with van der Waals surface area (Å²) in [5.41, 5.74) is 2.05. The van der Waals surface area contributed by atoms with E-state index in [4.69, 9.17) is 9.96 Å². The molecule has 0 aliphatic heterocycles. The van der Waals surface area contributed by atoms with Gasteiger partial charge in [0.2, 0.25) is 0 Å². The Labute approximate surface area is 112 Å². The zero-order valence-corrected chi connectivity index (χ0v) is 12.0.